The van der Waals surface area contributed by atoms with E-state index in [4.69, 9.17) is 5.73 Å². The first-order valence-corrected chi connectivity index (χ1v) is 6.98. The van der Waals surface area contributed by atoms with E-state index in [1.54, 1.807) is 26.0 Å². The first-order valence-electron chi connectivity index (χ1n) is 6.98. The smallest absolute Gasteiger partial charge is 0.226 e. The molecular formula is C15H22FN3O. The van der Waals surface area contributed by atoms with E-state index in [1.807, 2.05) is 4.90 Å². The van der Waals surface area contributed by atoms with Crippen molar-refractivity contribution in [3.05, 3.63) is 24.0 Å². The predicted molar refractivity (Wildman–Crippen MR) is 79.4 cm³/mol. The molecule has 0 saturated carbocycles. The fourth-order valence-corrected chi connectivity index (χ4v) is 2.42. The highest BCUT2D eigenvalue weighted by atomic mass is 19.1. The third-order valence-corrected chi connectivity index (χ3v) is 3.29. The Morgan fingerprint density at radius 3 is 2.60 bits per heavy atom. The number of amides is 1. The molecule has 2 rings (SSSR count). The van der Waals surface area contributed by atoms with Crippen LogP contribution in [0.25, 0.3) is 0 Å². The zero-order valence-corrected chi connectivity index (χ0v) is 12.1. The van der Waals surface area contributed by atoms with Gasteiger partial charge in [-0.25, -0.2) is 4.39 Å². The van der Waals surface area contributed by atoms with Crippen LogP contribution in [0.15, 0.2) is 18.2 Å². The van der Waals surface area contributed by atoms with E-state index in [9.17, 15) is 9.18 Å². The summed E-state index contributed by atoms with van der Waals surface area (Å²) < 4.78 is 14.1. The van der Waals surface area contributed by atoms with Crippen molar-refractivity contribution in [3.63, 3.8) is 0 Å². The van der Waals surface area contributed by atoms with Crippen LogP contribution in [0.3, 0.4) is 0 Å². The minimum Gasteiger partial charge on any atom is -0.369 e. The SMILES string of the molecule is CC(C)(N)CC(=O)Nc1ccc(N2CCCC2)c(F)c1. The van der Waals surface area contributed by atoms with Crippen molar-refractivity contribution in [2.45, 2.75) is 38.6 Å². The van der Waals surface area contributed by atoms with Crippen LogP contribution in [0.1, 0.15) is 33.1 Å². The standard InChI is InChI=1S/C15H22FN3O/c1-15(2,17)10-14(20)18-11-5-6-13(12(16)9-11)19-7-3-4-8-19/h5-6,9H,3-4,7-8,10,17H2,1-2H3,(H,18,20). The predicted octanol–water partition coefficient (Wildman–Crippen LogP) is 2.49. The second-order valence-electron chi connectivity index (χ2n) is 6.07. The summed E-state index contributed by atoms with van der Waals surface area (Å²) in [6.07, 6.45) is 2.40. The molecule has 0 unspecified atom stereocenters. The highest BCUT2D eigenvalue weighted by Gasteiger charge is 2.18. The quantitative estimate of drug-likeness (QED) is 0.890. The lowest BCUT2D eigenvalue weighted by molar-refractivity contribution is -0.117. The van der Waals surface area contributed by atoms with Gasteiger partial charge >= 0.3 is 0 Å². The molecule has 1 saturated heterocycles. The molecule has 0 aliphatic carbocycles. The van der Waals surface area contributed by atoms with Gasteiger partial charge in [-0.1, -0.05) is 0 Å². The van der Waals surface area contributed by atoms with Crippen molar-refractivity contribution in [1.82, 2.24) is 0 Å². The normalized spacial score (nSPS) is 15.5. The van der Waals surface area contributed by atoms with Crippen LogP contribution >= 0.6 is 0 Å². The van der Waals surface area contributed by atoms with E-state index >= 15 is 0 Å². The lowest BCUT2D eigenvalue weighted by atomic mass is 10.0. The minimum absolute atomic E-state index is 0.197. The molecule has 0 aromatic heterocycles. The summed E-state index contributed by atoms with van der Waals surface area (Å²) in [6.45, 7) is 5.35. The molecular weight excluding hydrogens is 257 g/mol. The molecule has 0 bridgehead atoms. The van der Waals surface area contributed by atoms with Gasteiger partial charge in [0.1, 0.15) is 5.82 Å². The number of rotatable bonds is 4. The Morgan fingerprint density at radius 2 is 2.05 bits per heavy atom. The van der Waals surface area contributed by atoms with Gasteiger partial charge in [0, 0.05) is 30.7 Å². The molecule has 110 valence electrons. The number of nitrogens with zero attached hydrogens (tertiary/aromatic N) is 1. The Morgan fingerprint density at radius 1 is 1.40 bits per heavy atom. The average molecular weight is 279 g/mol. The molecule has 1 amide bonds. The number of nitrogens with two attached hydrogens (primary N) is 1. The number of carbonyl (C=O) groups excluding carboxylic acids is 1. The summed E-state index contributed by atoms with van der Waals surface area (Å²) in [5.41, 5.74) is 6.30. The highest BCUT2D eigenvalue weighted by molar-refractivity contribution is 5.91. The first-order chi connectivity index (χ1) is 9.35. The van der Waals surface area contributed by atoms with Gasteiger partial charge in [-0.15, -0.1) is 0 Å². The topological polar surface area (TPSA) is 58.4 Å². The second kappa shape index (κ2) is 5.79. The minimum atomic E-state index is -0.571. The first kappa shape index (κ1) is 14.8. The molecule has 4 nitrogen and oxygen atoms in total. The van der Waals surface area contributed by atoms with Crippen LogP contribution in [-0.2, 0) is 4.79 Å². The fraction of sp³-hybridized carbons (Fsp3) is 0.533. The van der Waals surface area contributed by atoms with Crippen LogP contribution in [0.5, 0.6) is 0 Å². The molecule has 1 aromatic carbocycles. The van der Waals surface area contributed by atoms with Crippen LogP contribution in [0.2, 0.25) is 0 Å². The number of halogens is 1. The van der Waals surface area contributed by atoms with E-state index in [2.05, 4.69) is 5.32 Å². The summed E-state index contributed by atoms with van der Waals surface area (Å²) in [5, 5.41) is 2.68. The van der Waals surface area contributed by atoms with Gasteiger partial charge in [-0.3, -0.25) is 4.79 Å². The number of carbonyl (C=O) groups is 1. The summed E-state index contributed by atoms with van der Waals surface area (Å²) in [6, 6.07) is 4.83. The molecule has 0 spiro atoms. The lowest BCUT2D eigenvalue weighted by Gasteiger charge is -2.20. The molecule has 1 fully saturated rings. The van der Waals surface area contributed by atoms with Gasteiger partial charge in [0.15, 0.2) is 0 Å². The Hall–Kier alpha value is -1.62. The zero-order valence-electron chi connectivity index (χ0n) is 12.1. The third kappa shape index (κ3) is 3.93. The molecule has 1 aromatic rings. The van der Waals surface area contributed by atoms with Gasteiger partial charge < -0.3 is 16.0 Å². The third-order valence-electron chi connectivity index (χ3n) is 3.29. The van der Waals surface area contributed by atoms with Gasteiger partial charge in [0.25, 0.3) is 0 Å². The molecule has 0 atom stereocenters. The number of benzene rings is 1. The van der Waals surface area contributed by atoms with Crippen molar-refractivity contribution in [2.24, 2.45) is 5.73 Å². The van der Waals surface area contributed by atoms with Gasteiger partial charge in [-0.2, -0.15) is 0 Å². The molecule has 1 aliphatic heterocycles. The summed E-state index contributed by atoms with van der Waals surface area (Å²) >= 11 is 0. The van der Waals surface area contributed by atoms with E-state index in [1.165, 1.54) is 6.07 Å². The summed E-state index contributed by atoms with van der Waals surface area (Å²) in [7, 11) is 0. The van der Waals surface area contributed by atoms with Gasteiger partial charge in [0.05, 0.1) is 5.69 Å². The number of hydrogen-bond donors (Lipinski definition) is 2. The summed E-state index contributed by atoms with van der Waals surface area (Å²) in [5.74, 6) is -0.498. The van der Waals surface area contributed by atoms with Crippen molar-refractivity contribution in [2.75, 3.05) is 23.3 Å². The molecule has 0 radical (unpaired) electrons. The monoisotopic (exact) mass is 279 g/mol. The van der Waals surface area contributed by atoms with Crippen LogP contribution in [0, 0.1) is 5.82 Å². The average Bonchev–Trinajstić information content (AvgIpc) is 2.79. The van der Waals surface area contributed by atoms with Crippen LogP contribution < -0.4 is 16.0 Å². The maximum Gasteiger partial charge on any atom is 0.226 e. The van der Waals surface area contributed by atoms with E-state index in [0.717, 1.165) is 25.9 Å². The lowest BCUT2D eigenvalue weighted by Crippen LogP contribution is -2.36. The van der Waals surface area contributed by atoms with Crippen molar-refractivity contribution >= 4 is 17.3 Å². The molecule has 3 N–H and O–H groups in total. The Balaban J connectivity index is 2.03. The number of hydrogen-bond acceptors (Lipinski definition) is 3. The maximum atomic E-state index is 14.1. The van der Waals surface area contributed by atoms with Gasteiger partial charge in [0.2, 0.25) is 5.91 Å². The van der Waals surface area contributed by atoms with Gasteiger partial charge in [-0.05, 0) is 44.9 Å². The maximum absolute atomic E-state index is 14.1. The Bertz CT molecular complexity index is 490. The fourth-order valence-electron chi connectivity index (χ4n) is 2.42. The Kier molecular flexibility index (Phi) is 4.28. The van der Waals surface area contributed by atoms with E-state index < -0.39 is 5.54 Å². The van der Waals surface area contributed by atoms with Crippen molar-refractivity contribution in [1.29, 1.82) is 0 Å². The summed E-state index contributed by atoms with van der Waals surface area (Å²) in [4.78, 5) is 13.8. The number of anilines is 2. The highest BCUT2D eigenvalue weighted by Crippen LogP contribution is 2.26. The van der Waals surface area contributed by atoms with Crippen molar-refractivity contribution in [3.8, 4) is 0 Å². The van der Waals surface area contributed by atoms with E-state index in [0.29, 0.717) is 11.4 Å². The molecule has 20 heavy (non-hydrogen) atoms. The van der Waals surface area contributed by atoms with Crippen LogP contribution in [-0.4, -0.2) is 24.5 Å². The molecule has 1 heterocycles. The molecule has 1 aliphatic rings. The van der Waals surface area contributed by atoms with E-state index in [-0.39, 0.29) is 18.1 Å². The van der Waals surface area contributed by atoms with Crippen molar-refractivity contribution < 1.29 is 9.18 Å². The second-order valence-corrected chi connectivity index (χ2v) is 6.07. The largest absolute Gasteiger partial charge is 0.369 e. The number of nitrogens with one attached hydrogen (secondary N) is 1. The zero-order chi connectivity index (χ0) is 14.8. The van der Waals surface area contributed by atoms with Crippen LogP contribution in [0.4, 0.5) is 15.8 Å². The Labute approximate surface area is 119 Å². The molecule has 5 heteroatoms.